The van der Waals surface area contributed by atoms with Gasteiger partial charge in [-0.1, -0.05) is 38.9 Å². The summed E-state index contributed by atoms with van der Waals surface area (Å²) >= 11 is 0. The van der Waals surface area contributed by atoms with E-state index < -0.39 is 89.2 Å². The molecule has 2 bridgehead atoms. The van der Waals surface area contributed by atoms with Crippen molar-refractivity contribution in [2.24, 2.45) is 33.8 Å². The molecule has 1 aliphatic carbocycles. The van der Waals surface area contributed by atoms with Crippen molar-refractivity contribution in [2.75, 3.05) is 33.0 Å². The molecule has 0 unspecified atom stereocenters. The summed E-state index contributed by atoms with van der Waals surface area (Å²) in [5.41, 5.74) is 1.52. The van der Waals surface area contributed by atoms with E-state index >= 15 is 4.39 Å². The summed E-state index contributed by atoms with van der Waals surface area (Å²) < 4.78 is 49.1. The number of anilines is 1. The maximum Gasteiger partial charge on any atom is 0.351 e. The number of halogens is 1. The van der Waals surface area contributed by atoms with Crippen molar-refractivity contribution in [3.8, 4) is 11.3 Å². The number of carbonyl (C=O) groups is 3. The van der Waals surface area contributed by atoms with Crippen molar-refractivity contribution in [1.29, 1.82) is 0 Å². The lowest BCUT2D eigenvalue weighted by molar-refractivity contribution is -0.296. The van der Waals surface area contributed by atoms with Crippen LogP contribution in [-0.2, 0) is 49.5 Å². The lowest BCUT2D eigenvalue weighted by Crippen LogP contribution is -2.61. The van der Waals surface area contributed by atoms with Gasteiger partial charge < -0.3 is 49.4 Å². The smallest absolute Gasteiger partial charge is 0.351 e. The molecule has 13 atom stereocenters. The third-order valence-electron chi connectivity index (χ3n) is 13.3. The molecular weight excluding hydrogens is 844 g/mol. The Bertz CT molecular complexity index is 2080. The summed E-state index contributed by atoms with van der Waals surface area (Å²) in [7, 11) is 3.64. The van der Waals surface area contributed by atoms with Gasteiger partial charge in [-0.15, -0.1) is 0 Å². The minimum absolute atomic E-state index is 0.00715. The number of nitrogens with two attached hydrogens (primary N) is 1. The Morgan fingerprint density at radius 2 is 1.78 bits per heavy atom. The molecule has 3 saturated heterocycles. The normalized spacial score (nSPS) is 37.9. The van der Waals surface area contributed by atoms with Crippen LogP contribution in [0, 0.1) is 23.7 Å². The van der Waals surface area contributed by atoms with Crippen molar-refractivity contribution in [2.45, 2.75) is 154 Å². The van der Waals surface area contributed by atoms with Gasteiger partial charge in [0, 0.05) is 41.3 Å². The molecule has 4 fully saturated rings. The lowest BCUT2D eigenvalue weighted by atomic mass is 9.73. The van der Waals surface area contributed by atoms with Crippen molar-refractivity contribution in [1.82, 2.24) is 14.9 Å². The molecule has 1 saturated carbocycles. The van der Waals surface area contributed by atoms with Gasteiger partial charge in [-0.2, -0.15) is 0 Å². The highest BCUT2D eigenvalue weighted by Crippen LogP contribution is 2.41. The number of esters is 1. The van der Waals surface area contributed by atoms with Crippen LogP contribution in [0.25, 0.3) is 11.3 Å². The lowest BCUT2D eigenvalue weighted by Gasteiger charge is -2.47. The number of nitrogen functional groups attached to an aromatic ring is 1. The number of pyridine rings is 2. The molecule has 358 valence electrons. The number of amides is 1. The number of Topliss-reactive ketones (excluding diaryl/α,β-unsaturated/α-hetero) is 1. The first-order valence-electron chi connectivity index (χ1n) is 22.6. The van der Waals surface area contributed by atoms with E-state index in [1.807, 2.05) is 45.0 Å². The summed E-state index contributed by atoms with van der Waals surface area (Å²) in [5.74, 6) is -5.76. The van der Waals surface area contributed by atoms with Crippen LogP contribution in [0.5, 0.6) is 0 Å². The van der Waals surface area contributed by atoms with E-state index in [0.29, 0.717) is 42.2 Å². The summed E-state index contributed by atoms with van der Waals surface area (Å²) in [4.78, 5) is 63.4. The quantitative estimate of drug-likeness (QED) is 0.177. The van der Waals surface area contributed by atoms with E-state index in [-0.39, 0.29) is 50.2 Å². The van der Waals surface area contributed by atoms with Gasteiger partial charge >= 0.3 is 5.97 Å². The van der Waals surface area contributed by atoms with Gasteiger partial charge in [0.1, 0.15) is 29.3 Å². The van der Waals surface area contributed by atoms with Gasteiger partial charge in [0.05, 0.1) is 48.5 Å². The number of oxime groups is 1. The van der Waals surface area contributed by atoms with Crippen LogP contribution in [0.1, 0.15) is 93.2 Å². The Kier molecular flexibility index (Phi) is 15.6. The average Bonchev–Trinajstić information content (AvgIpc) is 4.11. The molecule has 65 heavy (non-hydrogen) atoms. The minimum Gasteiger partial charge on any atom is -0.457 e. The third kappa shape index (κ3) is 11.3. The number of likely N-dealkylation sites (N-methyl/N-ethyl adjacent to an activating group) is 1. The molecule has 0 radical (unpaired) electrons. The highest BCUT2D eigenvalue weighted by atomic mass is 19.1. The number of ether oxygens (including phenoxy) is 5. The molecule has 0 aromatic carbocycles. The van der Waals surface area contributed by atoms with Crippen LogP contribution in [0.4, 0.5) is 10.2 Å². The first-order chi connectivity index (χ1) is 30.6. The van der Waals surface area contributed by atoms with Gasteiger partial charge in [-0.05, 0) is 104 Å². The Hall–Kier alpha value is -4.30. The number of hydrogen-bond acceptors (Lipinski definition) is 16. The summed E-state index contributed by atoms with van der Waals surface area (Å²) in [6.45, 7) is 11.8. The summed E-state index contributed by atoms with van der Waals surface area (Å²) in [5, 5.41) is 28.7. The SMILES string of the molecule is CC[C@H]1OC(=O)[C@@](C)(F)C(=O)[C@H](C)[C@@H](O[C@@H]2O[C@H](C)C[C@H](N(C)C)[C@H]2O)[C@@]2(C)C[C@@H](C)C(=NC(=O)C3CC3)[C@H](C)[C@H](OC/C(=N\OCc3ccc(-c4cccc(N)n4)cn3)CO2)[C@]1(C)O. The average molecular weight is 911 g/mol. The second-order valence-corrected chi connectivity index (χ2v) is 19.1. The van der Waals surface area contributed by atoms with E-state index in [9.17, 15) is 24.6 Å². The fourth-order valence-electron chi connectivity index (χ4n) is 9.44. The van der Waals surface area contributed by atoms with E-state index in [2.05, 4.69) is 15.1 Å². The topological polar surface area (TPSA) is 227 Å². The van der Waals surface area contributed by atoms with Crippen molar-refractivity contribution >= 4 is 34.9 Å². The molecule has 18 heteroatoms. The number of ketones is 1. The van der Waals surface area contributed by atoms with E-state index in [4.69, 9.17) is 39.2 Å². The molecule has 3 aliphatic heterocycles. The largest absolute Gasteiger partial charge is 0.457 e. The van der Waals surface area contributed by atoms with Gasteiger partial charge in [-0.25, -0.2) is 19.2 Å². The fraction of sp³-hybridized carbons (Fsp3) is 0.681. The Morgan fingerprint density at radius 1 is 1.06 bits per heavy atom. The van der Waals surface area contributed by atoms with Crippen molar-refractivity contribution in [3.63, 3.8) is 0 Å². The number of aliphatic hydroxyl groups is 2. The standard InChI is InChI=1S/C47H67FN6O11/c1-11-35-47(8,59)41-27(4)37(52-42(57)29-15-16-29)25(2)20-45(6,61-23-32(22-60-41)53-62-24-31-18-17-30(21-50-31)33-13-12-14-36(49)51-33)40(28(5)39(56)46(7,48)44(58)64-35)65-43-38(55)34(54(9)10)19-26(3)63-43/h12-14,17-18,21,25-29,34-35,38,40-41,43,55,59H,11,15-16,19-20,22-24H2,1-10H3,(H2,49,51)/b52-37?,53-32+/t25-,26-,27+,28+,34+,35-,38-,40-,41+,43+,45-,46+,47-/m1/s1. The first kappa shape index (κ1) is 50.1. The molecule has 0 spiro atoms. The van der Waals surface area contributed by atoms with Crippen molar-refractivity contribution < 1.29 is 57.5 Å². The fourth-order valence-corrected chi connectivity index (χ4v) is 9.44. The highest BCUT2D eigenvalue weighted by molar-refractivity contribution is 6.08. The van der Waals surface area contributed by atoms with E-state index in [1.54, 1.807) is 45.2 Å². The van der Waals surface area contributed by atoms with Gasteiger partial charge in [0.15, 0.2) is 18.7 Å². The molecule has 2 aromatic heterocycles. The minimum atomic E-state index is -3.23. The number of nitrogens with zero attached hydrogens (tertiary/aromatic N) is 5. The molecule has 2 aromatic rings. The zero-order valence-corrected chi connectivity index (χ0v) is 39.2. The number of fused-ring (bicyclic) bond motifs is 5. The zero-order valence-electron chi connectivity index (χ0n) is 39.2. The number of aliphatic imine (C=N–C) groups is 1. The van der Waals surface area contributed by atoms with Crippen LogP contribution in [-0.4, -0.2) is 141 Å². The maximum absolute atomic E-state index is 17.0. The van der Waals surface area contributed by atoms with Gasteiger partial charge in [0.2, 0.25) is 5.91 Å². The first-order valence-corrected chi connectivity index (χ1v) is 22.6. The van der Waals surface area contributed by atoms with Gasteiger partial charge in [-0.3, -0.25) is 14.6 Å². The van der Waals surface area contributed by atoms with Crippen molar-refractivity contribution in [3.05, 3.63) is 42.2 Å². The third-order valence-corrected chi connectivity index (χ3v) is 13.3. The number of aromatic nitrogens is 2. The number of rotatable bonds is 9. The van der Waals surface area contributed by atoms with Gasteiger partial charge in [0.25, 0.3) is 5.67 Å². The van der Waals surface area contributed by atoms with Crippen LogP contribution < -0.4 is 5.73 Å². The molecule has 4 N–H and O–H groups in total. The van der Waals surface area contributed by atoms with Crippen LogP contribution >= 0.6 is 0 Å². The predicted octanol–water partition coefficient (Wildman–Crippen LogP) is 4.64. The number of carbonyl (C=O) groups excluding carboxylic acids is 3. The predicted molar refractivity (Wildman–Crippen MR) is 238 cm³/mol. The Morgan fingerprint density at radius 3 is 2.42 bits per heavy atom. The Balaban J connectivity index is 1.47. The second-order valence-electron chi connectivity index (χ2n) is 19.1. The number of hydrogen-bond donors (Lipinski definition) is 3. The highest BCUT2D eigenvalue weighted by Gasteiger charge is 2.57. The van der Waals surface area contributed by atoms with Crippen LogP contribution in [0.3, 0.4) is 0 Å². The number of aliphatic hydroxyl groups excluding tert-OH is 1. The number of alkyl halides is 1. The van der Waals surface area contributed by atoms with Crippen LogP contribution in [0.2, 0.25) is 0 Å². The molecule has 5 heterocycles. The maximum atomic E-state index is 17.0. The zero-order chi connectivity index (χ0) is 47.6. The summed E-state index contributed by atoms with van der Waals surface area (Å²) in [6, 6.07) is 8.50. The molecule has 6 rings (SSSR count). The molecular formula is C47H67FN6O11. The second kappa shape index (κ2) is 20.3. The summed E-state index contributed by atoms with van der Waals surface area (Å²) in [6.07, 6.45) is -3.48. The monoisotopic (exact) mass is 910 g/mol. The number of cyclic esters (lactones) is 1. The molecule has 4 aliphatic rings. The van der Waals surface area contributed by atoms with Crippen LogP contribution in [0.15, 0.2) is 46.7 Å². The Labute approximate surface area is 380 Å². The molecule has 17 nitrogen and oxygen atoms in total. The van der Waals surface area contributed by atoms with E-state index in [1.165, 1.54) is 13.8 Å². The van der Waals surface area contributed by atoms with E-state index in [0.717, 1.165) is 12.5 Å². The molecule has 1 amide bonds.